The maximum Gasteiger partial charge on any atom is 0.225 e. The molecule has 0 unspecified atom stereocenters. The molecule has 1 aromatic rings. The lowest BCUT2D eigenvalue weighted by molar-refractivity contribution is -0.115. The predicted octanol–water partition coefficient (Wildman–Crippen LogP) is 2.74. The average molecular weight is 246 g/mol. The van der Waals surface area contributed by atoms with Gasteiger partial charge in [0.2, 0.25) is 5.91 Å². The Kier molecular flexibility index (Phi) is 4.78. The molecule has 0 fully saturated rings. The van der Waals surface area contributed by atoms with E-state index in [0.29, 0.717) is 17.1 Å². The number of carbonyl (C=O) groups excluding carboxylic acids is 1. The van der Waals surface area contributed by atoms with E-state index in [1.165, 1.54) is 12.1 Å². The summed E-state index contributed by atoms with van der Waals surface area (Å²) in [6, 6.07) is 4.45. The first kappa shape index (κ1) is 12.2. The summed E-state index contributed by atoms with van der Waals surface area (Å²) in [5, 5.41) is 12.1. The van der Waals surface area contributed by atoms with Crippen LogP contribution in [-0.4, -0.2) is 23.0 Å². The van der Waals surface area contributed by atoms with Crippen molar-refractivity contribution in [3.8, 4) is 5.75 Å². The lowest BCUT2D eigenvalue weighted by atomic mass is 10.3. The van der Waals surface area contributed by atoms with Crippen molar-refractivity contribution in [3.63, 3.8) is 0 Å². The van der Waals surface area contributed by atoms with Gasteiger partial charge >= 0.3 is 0 Å². The van der Waals surface area contributed by atoms with E-state index >= 15 is 0 Å². The third kappa shape index (κ3) is 4.01. The Bertz CT molecular complexity index is 357. The molecule has 0 aliphatic rings. The summed E-state index contributed by atoms with van der Waals surface area (Å²) in [6.45, 7) is 0. The summed E-state index contributed by atoms with van der Waals surface area (Å²) in [5.74, 6) is 0.792. The maximum absolute atomic E-state index is 11.4. The van der Waals surface area contributed by atoms with Crippen LogP contribution in [-0.2, 0) is 4.79 Å². The summed E-state index contributed by atoms with van der Waals surface area (Å²) in [7, 11) is 0. The molecule has 2 N–H and O–H groups in total. The molecular formula is C10H12ClNO2S. The largest absolute Gasteiger partial charge is 0.508 e. The third-order valence-corrected chi connectivity index (χ3v) is 2.69. The standard InChI is InChI=1S/C10H12ClNO2S/c1-15-5-4-10(14)12-9-3-2-7(13)6-8(9)11/h2-3,6,13H,4-5H2,1H3,(H,12,14). The highest BCUT2D eigenvalue weighted by Gasteiger charge is 2.05. The Labute approximate surface area is 97.8 Å². The first-order valence-electron chi connectivity index (χ1n) is 4.41. The van der Waals surface area contributed by atoms with Crippen LogP contribution in [0.4, 0.5) is 5.69 Å². The van der Waals surface area contributed by atoms with Gasteiger partial charge in [0.1, 0.15) is 5.75 Å². The van der Waals surface area contributed by atoms with E-state index in [4.69, 9.17) is 16.7 Å². The van der Waals surface area contributed by atoms with Crippen LogP contribution in [0.2, 0.25) is 5.02 Å². The average Bonchev–Trinajstić information content (AvgIpc) is 2.19. The quantitative estimate of drug-likeness (QED) is 0.802. The maximum atomic E-state index is 11.4. The normalized spacial score (nSPS) is 10.0. The summed E-state index contributed by atoms with van der Waals surface area (Å²) in [4.78, 5) is 11.4. The van der Waals surface area contributed by atoms with Crippen LogP contribution in [0.3, 0.4) is 0 Å². The fraction of sp³-hybridized carbons (Fsp3) is 0.300. The van der Waals surface area contributed by atoms with E-state index in [-0.39, 0.29) is 11.7 Å². The summed E-state index contributed by atoms with van der Waals surface area (Å²) < 4.78 is 0. The first-order chi connectivity index (χ1) is 7.13. The summed E-state index contributed by atoms with van der Waals surface area (Å²) in [6.07, 6.45) is 2.40. The van der Waals surface area contributed by atoms with E-state index in [1.807, 2.05) is 6.26 Å². The Morgan fingerprint density at radius 1 is 1.60 bits per heavy atom. The number of carbonyl (C=O) groups is 1. The number of rotatable bonds is 4. The number of nitrogens with one attached hydrogen (secondary N) is 1. The number of hydrogen-bond acceptors (Lipinski definition) is 3. The molecule has 1 amide bonds. The van der Waals surface area contributed by atoms with Crippen LogP contribution >= 0.6 is 23.4 Å². The molecule has 15 heavy (non-hydrogen) atoms. The van der Waals surface area contributed by atoms with Crippen molar-refractivity contribution in [1.82, 2.24) is 0 Å². The number of phenolic OH excluding ortho intramolecular Hbond substituents is 1. The number of amides is 1. The number of phenols is 1. The van der Waals surface area contributed by atoms with Crippen molar-refractivity contribution in [2.45, 2.75) is 6.42 Å². The minimum absolute atomic E-state index is 0.0723. The van der Waals surface area contributed by atoms with Gasteiger partial charge in [0, 0.05) is 18.2 Å². The van der Waals surface area contributed by atoms with E-state index in [0.717, 1.165) is 5.75 Å². The smallest absolute Gasteiger partial charge is 0.225 e. The van der Waals surface area contributed by atoms with Crippen molar-refractivity contribution in [2.75, 3.05) is 17.3 Å². The van der Waals surface area contributed by atoms with Gasteiger partial charge in [0.25, 0.3) is 0 Å². The van der Waals surface area contributed by atoms with Crippen LogP contribution in [0, 0.1) is 0 Å². The molecule has 1 rings (SSSR count). The van der Waals surface area contributed by atoms with Crippen molar-refractivity contribution < 1.29 is 9.90 Å². The van der Waals surface area contributed by atoms with E-state index in [1.54, 1.807) is 17.8 Å². The molecule has 0 atom stereocenters. The Hall–Kier alpha value is -0.870. The second-order valence-electron chi connectivity index (χ2n) is 2.96. The predicted molar refractivity (Wildman–Crippen MR) is 64.7 cm³/mol. The lowest BCUT2D eigenvalue weighted by Gasteiger charge is -2.06. The second-order valence-corrected chi connectivity index (χ2v) is 4.35. The highest BCUT2D eigenvalue weighted by molar-refractivity contribution is 7.98. The molecule has 0 saturated carbocycles. The van der Waals surface area contributed by atoms with Gasteiger partial charge in [0.05, 0.1) is 10.7 Å². The van der Waals surface area contributed by atoms with Crippen molar-refractivity contribution >= 4 is 35.0 Å². The van der Waals surface area contributed by atoms with Gasteiger partial charge in [-0.3, -0.25) is 4.79 Å². The number of halogens is 1. The molecule has 0 radical (unpaired) electrons. The van der Waals surface area contributed by atoms with Crippen molar-refractivity contribution in [3.05, 3.63) is 23.2 Å². The summed E-state index contributed by atoms with van der Waals surface area (Å²) >= 11 is 7.44. The first-order valence-corrected chi connectivity index (χ1v) is 6.18. The van der Waals surface area contributed by atoms with Gasteiger partial charge in [-0.15, -0.1) is 0 Å². The minimum atomic E-state index is -0.0723. The fourth-order valence-corrected chi connectivity index (χ4v) is 1.62. The zero-order valence-electron chi connectivity index (χ0n) is 8.29. The van der Waals surface area contributed by atoms with Crippen molar-refractivity contribution in [2.24, 2.45) is 0 Å². The molecular weight excluding hydrogens is 234 g/mol. The van der Waals surface area contributed by atoms with Crippen LogP contribution < -0.4 is 5.32 Å². The Morgan fingerprint density at radius 3 is 2.93 bits per heavy atom. The molecule has 0 bridgehead atoms. The Morgan fingerprint density at radius 2 is 2.33 bits per heavy atom. The van der Waals surface area contributed by atoms with Gasteiger partial charge in [0.15, 0.2) is 0 Å². The Balaban J connectivity index is 2.60. The molecule has 1 aromatic carbocycles. The molecule has 0 saturated heterocycles. The highest BCUT2D eigenvalue weighted by atomic mass is 35.5. The van der Waals surface area contributed by atoms with Gasteiger partial charge in [-0.25, -0.2) is 0 Å². The molecule has 0 aliphatic heterocycles. The van der Waals surface area contributed by atoms with E-state index < -0.39 is 0 Å². The third-order valence-electron chi connectivity index (χ3n) is 1.76. The number of anilines is 1. The van der Waals surface area contributed by atoms with Crippen LogP contribution in [0.1, 0.15) is 6.42 Å². The van der Waals surface area contributed by atoms with E-state index in [2.05, 4.69) is 5.32 Å². The molecule has 82 valence electrons. The summed E-state index contributed by atoms with van der Waals surface area (Å²) in [5.41, 5.74) is 0.528. The van der Waals surface area contributed by atoms with E-state index in [9.17, 15) is 4.79 Å². The lowest BCUT2D eigenvalue weighted by Crippen LogP contribution is -2.12. The van der Waals surface area contributed by atoms with Gasteiger partial charge in [-0.1, -0.05) is 11.6 Å². The number of hydrogen-bond donors (Lipinski definition) is 2. The van der Waals surface area contributed by atoms with Crippen molar-refractivity contribution in [1.29, 1.82) is 0 Å². The highest BCUT2D eigenvalue weighted by Crippen LogP contribution is 2.25. The zero-order chi connectivity index (χ0) is 11.3. The molecule has 0 aromatic heterocycles. The van der Waals surface area contributed by atoms with Crippen LogP contribution in [0.5, 0.6) is 5.75 Å². The zero-order valence-corrected chi connectivity index (χ0v) is 9.86. The molecule has 3 nitrogen and oxygen atoms in total. The fourth-order valence-electron chi connectivity index (χ4n) is 1.01. The van der Waals surface area contributed by atoms with Gasteiger partial charge in [-0.05, 0) is 18.4 Å². The van der Waals surface area contributed by atoms with Gasteiger partial charge in [-0.2, -0.15) is 11.8 Å². The monoisotopic (exact) mass is 245 g/mol. The second kappa shape index (κ2) is 5.88. The molecule has 5 heteroatoms. The molecule has 0 heterocycles. The van der Waals surface area contributed by atoms with Crippen LogP contribution in [0.25, 0.3) is 0 Å². The number of thioether (sulfide) groups is 1. The number of aromatic hydroxyl groups is 1. The topological polar surface area (TPSA) is 49.3 Å². The molecule has 0 spiro atoms. The minimum Gasteiger partial charge on any atom is -0.508 e. The SMILES string of the molecule is CSCCC(=O)Nc1ccc(O)cc1Cl. The van der Waals surface area contributed by atoms with Crippen LogP contribution in [0.15, 0.2) is 18.2 Å². The molecule has 0 aliphatic carbocycles. The number of benzene rings is 1. The van der Waals surface area contributed by atoms with Gasteiger partial charge < -0.3 is 10.4 Å².